The molecule has 1 aromatic rings. The van der Waals surface area contributed by atoms with Crippen LogP contribution in [0, 0.1) is 0 Å². The molecule has 0 aliphatic heterocycles. The maximum absolute atomic E-state index is 8.46. The summed E-state index contributed by atoms with van der Waals surface area (Å²) in [4.78, 5) is 7.34. The molecule has 0 aromatic carbocycles. The van der Waals surface area contributed by atoms with Crippen LogP contribution in [0.3, 0.4) is 0 Å². The summed E-state index contributed by atoms with van der Waals surface area (Å²) in [6.07, 6.45) is 1.36. The molecule has 4 nitrogen and oxygen atoms in total. The van der Waals surface area contributed by atoms with Crippen molar-refractivity contribution < 1.29 is 5.11 Å². The van der Waals surface area contributed by atoms with E-state index in [9.17, 15) is 0 Å². The monoisotopic (exact) mass is 193 g/mol. The Kier molecular flexibility index (Phi) is 2.87. The van der Waals surface area contributed by atoms with Crippen LogP contribution in [-0.4, -0.2) is 21.8 Å². The van der Waals surface area contributed by atoms with Gasteiger partial charge in [0.1, 0.15) is 11.8 Å². The Morgan fingerprint density at radius 3 is 2.91 bits per heavy atom. The molecule has 0 amide bonds. The van der Waals surface area contributed by atoms with Gasteiger partial charge < -0.3 is 10.4 Å². The van der Waals surface area contributed by atoms with E-state index in [1.807, 2.05) is 0 Å². The quantitative estimate of drug-likeness (QED) is 0.547. The molecular weight excluding hydrogens is 189 g/mol. The fraction of sp³-hybridized carbons (Fsp3) is 0.200. The van der Waals surface area contributed by atoms with E-state index in [-0.39, 0.29) is 12.0 Å². The first-order valence-corrected chi connectivity index (χ1v) is 3.52. The Bertz CT molecular complexity index is 255. The number of aliphatic hydroxyl groups excluding tert-OH is 1. The standard InChI is InChI=1S/C5H5Cl2N3O/c6-3-1-8-5(7)10-4(3)9-2-11/h1,11H,2H2,(H,8,9,10). The van der Waals surface area contributed by atoms with Gasteiger partial charge in [-0.25, -0.2) is 4.98 Å². The van der Waals surface area contributed by atoms with Gasteiger partial charge in [0, 0.05) is 0 Å². The van der Waals surface area contributed by atoms with Gasteiger partial charge in [-0.15, -0.1) is 0 Å². The van der Waals surface area contributed by atoms with E-state index in [4.69, 9.17) is 28.3 Å². The predicted octanol–water partition coefficient (Wildman–Crippen LogP) is 1.15. The maximum Gasteiger partial charge on any atom is 0.224 e. The number of aromatic nitrogens is 2. The summed E-state index contributed by atoms with van der Waals surface area (Å²) in [6.45, 7) is -0.243. The fourth-order valence-electron chi connectivity index (χ4n) is 0.544. The lowest BCUT2D eigenvalue weighted by Gasteiger charge is -2.02. The molecule has 11 heavy (non-hydrogen) atoms. The molecule has 0 fully saturated rings. The lowest BCUT2D eigenvalue weighted by molar-refractivity contribution is 0.325. The Morgan fingerprint density at radius 1 is 1.55 bits per heavy atom. The molecular formula is C5H5Cl2N3O. The second-order valence-corrected chi connectivity index (χ2v) is 2.42. The molecule has 1 heterocycles. The third-order valence-electron chi connectivity index (χ3n) is 0.961. The third kappa shape index (κ3) is 2.18. The highest BCUT2D eigenvalue weighted by atomic mass is 35.5. The number of nitrogens with zero attached hydrogens (tertiary/aromatic N) is 2. The van der Waals surface area contributed by atoms with Gasteiger partial charge in [0.15, 0.2) is 5.82 Å². The number of hydrogen-bond acceptors (Lipinski definition) is 4. The molecule has 0 bridgehead atoms. The first-order valence-electron chi connectivity index (χ1n) is 2.77. The highest BCUT2D eigenvalue weighted by Gasteiger charge is 2.01. The number of hydrogen-bond donors (Lipinski definition) is 2. The molecule has 0 radical (unpaired) electrons. The summed E-state index contributed by atoms with van der Waals surface area (Å²) in [7, 11) is 0. The van der Waals surface area contributed by atoms with Crippen LogP contribution in [0.1, 0.15) is 0 Å². The Morgan fingerprint density at radius 2 is 2.27 bits per heavy atom. The predicted molar refractivity (Wildman–Crippen MR) is 42.8 cm³/mol. The Hall–Kier alpha value is -0.580. The summed E-state index contributed by atoms with van der Waals surface area (Å²) in [5.74, 6) is 0.328. The average Bonchev–Trinajstić information content (AvgIpc) is 1.98. The molecule has 0 saturated heterocycles. The first kappa shape index (κ1) is 8.52. The lowest BCUT2D eigenvalue weighted by Crippen LogP contribution is -2.02. The Balaban J connectivity index is 2.93. The Labute approximate surface area is 73.2 Å². The van der Waals surface area contributed by atoms with Gasteiger partial charge in [0.05, 0.1) is 6.20 Å². The van der Waals surface area contributed by atoms with Gasteiger partial charge >= 0.3 is 0 Å². The van der Waals surface area contributed by atoms with Gasteiger partial charge in [-0.2, -0.15) is 4.98 Å². The lowest BCUT2D eigenvalue weighted by atomic mass is 10.6. The minimum atomic E-state index is -0.243. The number of nitrogens with one attached hydrogen (secondary N) is 1. The molecule has 0 aliphatic rings. The minimum Gasteiger partial charge on any atom is -0.377 e. The van der Waals surface area contributed by atoms with E-state index in [2.05, 4.69) is 15.3 Å². The van der Waals surface area contributed by atoms with Crippen molar-refractivity contribution in [2.24, 2.45) is 0 Å². The van der Waals surface area contributed by atoms with E-state index in [0.717, 1.165) is 0 Å². The van der Waals surface area contributed by atoms with Gasteiger partial charge in [-0.05, 0) is 11.6 Å². The van der Waals surface area contributed by atoms with Crippen LogP contribution < -0.4 is 5.32 Å². The number of halogens is 2. The van der Waals surface area contributed by atoms with Crippen molar-refractivity contribution in [3.05, 3.63) is 16.5 Å². The molecule has 6 heteroatoms. The largest absolute Gasteiger partial charge is 0.377 e. The number of rotatable bonds is 2. The van der Waals surface area contributed by atoms with Crippen LogP contribution in [0.15, 0.2) is 6.20 Å². The van der Waals surface area contributed by atoms with Crippen molar-refractivity contribution in [2.75, 3.05) is 12.0 Å². The maximum atomic E-state index is 8.46. The smallest absolute Gasteiger partial charge is 0.224 e. The van der Waals surface area contributed by atoms with Crippen LogP contribution in [0.5, 0.6) is 0 Å². The van der Waals surface area contributed by atoms with Gasteiger partial charge in [-0.3, -0.25) is 0 Å². The van der Waals surface area contributed by atoms with Crippen LogP contribution in [0.25, 0.3) is 0 Å². The summed E-state index contributed by atoms with van der Waals surface area (Å²) in [5, 5.41) is 11.4. The van der Waals surface area contributed by atoms with E-state index in [1.54, 1.807) is 0 Å². The van der Waals surface area contributed by atoms with Gasteiger partial charge in [0.25, 0.3) is 0 Å². The van der Waals surface area contributed by atoms with Crippen molar-refractivity contribution >= 4 is 29.0 Å². The van der Waals surface area contributed by atoms with Crippen molar-refractivity contribution in [1.29, 1.82) is 0 Å². The molecule has 60 valence electrons. The number of anilines is 1. The molecule has 0 saturated carbocycles. The normalized spacial score (nSPS) is 9.73. The zero-order chi connectivity index (χ0) is 8.27. The van der Waals surface area contributed by atoms with Crippen LogP contribution in [0.2, 0.25) is 10.3 Å². The van der Waals surface area contributed by atoms with Crippen LogP contribution >= 0.6 is 23.2 Å². The molecule has 2 N–H and O–H groups in total. The highest BCUT2D eigenvalue weighted by molar-refractivity contribution is 6.33. The summed E-state index contributed by atoms with van der Waals surface area (Å²) < 4.78 is 0. The minimum absolute atomic E-state index is 0.0883. The second kappa shape index (κ2) is 3.71. The second-order valence-electron chi connectivity index (χ2n) is 1.67. The van der Waals surface area contributed by atoms with Gasteiger partial charge in [0.2, 0.25) is 5.28 Å². The van der Waals surface area contributed by atoms with E-state index in [0.29, 0.717) is 10.8 Å². The topological polar surface area (TPSA) is 58.0 Å². The zero-order valence-corrected chi connectivity index (χ0v) is 6.89. The summed E-state index contributed by atoms with van der Waals surface area (Å²) in [6, 6.07) is 0. The molecule has 1 rings (SSSR count). The van der Waals surface area contributed by atoms with Crippen LogP contribution in [-0.2, 0) is 0 Å². The first-order chi connectivity index (χ1) is 5.24. The molecule has 0 atom stereocenters. The summed E-state index contributed by atoms with van der Waals surface area (Å²) in [5.41, 5.74) is 0. The van der Waals surface area contributed by atoms with E-state index in [1.165, 1.54) is 6.20 Å². The van der Waals surface area contributed by atoms with Crippen molar-refractivity contribution in [3.8, 4) is 0 Å². The van der Waals surface area contributed by atoms with E-state index >= 15 is 0 Å². The van der Waals surface area contributed by atoms with Crippen molar-refractivity contribution in [2.45, 2.75) is 0 Å². The third-order valence-corrected chi connectivity index (χ3v) is 1.42. The van der Waals surface area contributed by atoms with Crippen molar-refractivity contribution in [3.63, 3.8) is 0 Å². The molecule has 1 aromatic heterocycles. The van der Waals surface area contributed by atoms with Crippen molar-refractivity contribution in [1.82, 2.24) is 9.97 Å². The summed E-state index contributed by atoms with van der Waals surface area (Å²) >= 11 is 11.1. The molecule has 0 unspecified atom stereocenters. The zero-order valence-electron chi connectivity index (χ0n) is 5.38. The fourth-order valence-corrected chi connectivity index (χ4v) is 0.836. The highest BCUT2D eigenvalue weighted by Crippen LogP contribution is 2.18. The van der Waals surface area contributed by atoms with E-state index < -0.39 is 0 Å². The molecule has 0 spiro atoms. The SMILES string of the molecule is OCNc1nc(Cl)ncc1Cl. The number of aliphatic hydroxyl groups is 1. The van der Waals surface area contributed by atoms with Crippen LogP contribution in [0.4, 0.5) is 5.82 Å². The molecule has 0 aliphatic carbocycles. The van der Waals surface area contributed by atoms with Gasteiger partial charge in [-0.1, -0.05) is 11.6 Å². The average molecular weight is 194 g/mol.